The molecule has 0 aromatic heterocycles. The Labute approximate surface area is 165 Å². The third-order valence-electron chi connectivity index (χ3n) is 4.96. The van der Waals surface area contributed by atoms with Crippen molar-refractivity contribution < 1.29 is 19.1 Å². The molecule has 5 nitrogen and oxygen atoms in total. The number of benzene rings is 2. The largest absolute Gasteiger partial charge is 0.426 e. The third-order valence-corrected chi connectivity index (χ3v) is 4.96. The minimum Gasteiger partial charge on any atom is -0.426 e. The lowest BCUT2D eigenvalue weighted by molar-refractivity contribution is -0.135. The third kappa shape index (κ3) is 4.47. The normalized spacial score (nSPS) is 14.1. The van der Waals surface area contributed by atoms with Gasteiger partial charge in [-0.3, -0.25) is 19.3 Å². The van der Waals surface area contributed by atoms with E-state index in [9.17, 15) is 14.4 Å². The fourth-order valence-corrected chi connectivity index (χ4v) is 3.52. The Kier molecular flexibility index (Phi) is 6.58. The zero-order valence-corrected chi connectivity index (χ0v) is 16.1. The minimum absolute atomic E-state index is 0.00745. The molecule has 0 N–H and O–H groups in total. The number of esters is 1. The number of nitrogens with zero attached hydrogens (tertiary/aromatic N) is 1. The number of carbonyl (C=O) groups is 3. The van der Waals surface area contributed by atoms with E-state index in [0.29, 0.717) is 23.3 Å². The molecule has 2 amide bonds. The smallest absolute Gasteiger partial charge is 0.313 e. The van der Waals surface area contributed by atoms with E-state index in [-0.39, 0.29) is 18.2 Å². The first-order valence-electron chi connectivity index (χ1n) is 9.84. The molecule has 0 radical (unpaired) electrons. The van der Waals surface area contributed by atoms with Crippen molar-refractivity contribution in [1.29, 1.82) is 0 Å². The van der Waals surface area contributed by atoms with Gasteiger partial charge in [-0.15, -0.1) is 0 Å². The average molecular weight is 379 g/mol. The fourth-order valence-electron chi connectivity index (χ4n) is 3.52. The topological polar surface area (TPSA) is 63.7 Å². The molecule has 2 aromatic rings. The Morgan fingerprint density at radius 1 is 0.893 bits per heavy atom. The highest BCUT2D eigenvalue weighted by molar-refractivity contribution is 6.21. The van der Waals surface area contributed by atoms with Crippen molar-refractivity contribution in [2.45, 2.75) is 51.5 Å². The molecule has 0 saturated heterocycles. The predicted molar refractivity (Wildman–Crippen MR) is 106 cm³/mol. The molecule has 3 rings (SSSR count). The number of fused-ring (bicyclic) bond motifs is 1. The number of ether oxygens (including phenoxy) is 1. The quantitative estimate of drug-likeness (QED) is 0.276. The molecule has 146 valence electrons. The molecule has 0 bridgehead atoms. The Balaban J connectivity index is 1.74. The number of rotatable bonds is 9. The van der Waals surface area contributed by atoms with E-state index in [0.717, 1.165) is 25.7 Å². The summed E-state index contributed by atoms with van der Waals surface area (Å²) in [5, 5.41) is 0. The van der Waals surface area contributed by atoms with Crippen molar-refractivity contribution >= 4 is 17.8 Å². The van der Waals surface area contributed by atoms with Crippen LogP contribution in [-0.2, 0) is 4.79 Å². The summed E-state index contributed by atoms with van der Waals surface area (Å²) in [4.78, 5) is 39.4. The van der Waals surface area contributed by atoms with E-state index in [1.54, 1.807) is 48.5 Å². The van der Waals surface area contributed by atoms with Crippen molar-refractivity contribution in [3.63, 3.8) is 0 Å². The maximum Gasteiger partial charge on any atom is 0.313 e. The maximum atomic E-state index is 12.8. The average Bonchev–Trinajstić information content (AvgIpc) is 2.96. The monoisotopic (exact) mass is 379 g/mol. The van der Waals surface area contributed by atoms with Crippen LogP contribution in [0.4, 0.5) is 0 Å². The second kappa shape index (κ2) is 9.31. The predicted octanol–water partition coefficient (Wildman–Crippen LogP) is 4.62. The molecule has 0 aliphatic carbocycles. The zero-order valence-electron chi connectivity index (χ0n) is 16.1. The van der Waals surface area contributed by atoms with Gasteiger partial charge in [0.05, 0.1) is 23.6 Å². The van der Waals surface area contributed by atoms with E-state index >= 15 is 0 Å². The van der Waals surface area contributed by atoms with Crippen molar-refractivity contribution in [1.82, 2.24) is 4.90 Å². The molecule has 1 aliphatic rings. The lowest BCUT2D eigenvalue weighted by Crippen LogP contribution is -2.41. The van der Waals surface area contributed by atoms with Gasteiger partial charge < -0.3 is 4.74 Å². The first kappa shape index (κ1) is 19.8. The highest BCUT2D eigenvalue weighted by Crippen LogP contribution is 2.28. The minimum atomic E-state index is -0.500. The van der Waals surface area contributed by atoms with Crippen LogP contribution in [0.25, 0.3) is 0 Å². The van der Waals surface area contributed by atoms with E-state index in [2.05, 4.69) is 6.92 Å². The zero-order chi connectivity index (χ0) is 19.9. The molecule has 5 heteroatoms. The highest BCUT2D eigenvalue weighted by atomic mass is 16.5. The summed E-state index contributed by atoms with van der Waals surface area (Å²) in [6.07, 6.45) is 4.62. The fraction of sp³-hybridized carbons (Fsp3) is 0.348. The summed E-state index contributed by atoms with van der Waals surface area (Å²) in [7, 11) is 0. The summed E-state index contributed by atoms with van der Waals surface area (Å²) in [5.74, 6) is -0.634. The Morgan fingerprint density at radius 2 is 1.50 bits per heavy atom. The molecular weight excluding hydrogens is 354 g/mol. The Hall–Kier alpha value is -2.95. The van der Waals surface area contributed by atoms with E-state index < -0.39 is 12.0 Å². The van der Waals surface area contributed by atoms with Crippen LogP contribution >= 0.6 is 0 Å². The summed E-state index contributed by atoms with van der Waals surface area (Å²) in [6.45, 7) is 2.12. The van der Waals surface area contributed by atoms with Crippen LogP contribution < -0.4 is 4.74 Å². The summed E-state index contributed by atoms with van der Waals surface area (Å²) >= 11 is 0. The van der Waals surface area contributed by atoms with Crippen LogP contribution in [0.3, 0.4) is 0 Å². The van der Waals surface area contributed by atoms with Crippen molar-refractivity contribution in [2.24, 2.45) is 0 Å². The molecule has 0 fully saturated rings. The lowest BCUT2D eigenvalue weighted by atomic mass is 10.0. The van der Waals surface area contributed by atoms with Gasteiger partial charge in [-0.05, 0) is 30.7 Å². The van der Waals surface area contributed by atoms with E-state index in [4.69, 9.17) is 4.74 Å². The summed E-state index contributed by atoms with van der Waals surface area (Å²) in [5.41, 5.74) is 0.810. The van der Waals surface area contributed by atoms with Gasteiger partial charge >= 0.3 is 5.97 Å². The van der Waals surface area contributed by atoms with Gasteiger partial charge in [-0.2, -0.15) is 0 Å². The number of hydrogen-bond acceptors (Lipinski definition) is 4. The summed E-state index contributed by atoms with van der Waals surface area (Å²) < 4.78 is 5.39. The van der Waals surface area contributed by atoms with Crippen LogP contribution in [0, 0.1) is 0 Å². The number of hydrogen-bond donors (Lipinski definition) is 0. The molecule has 1 heterocycles. The number of amides is 2. The molecule has 1 atom stereocenters. The van der Waals surface area contributed by atoms with Crippen LogP contribution in [-0.4, -0.2) is 28.7 Å². The van der Waals surface area contributed by atoms with Gasteiger partial charge in [0.2, 0.25) is 0 Å². The standard InChI is InChI=1S/C23H25NO4/c1-2-3-4-6-11-17(16-21(25)28-18-12-7-5-8-13-18)24-22(26)19-14-9-10-15-20(19)23(24)27/h5,7-10,12-15,17H,2-4,6,11,16H2,1H3. The SMILES string of the molecule is CCCCCCC(CC(=O)Oc1ccccc1)N1C(=O)c2ccccc2C1=O. The van der Waals surface area contributed by atoms with Gasteiger partial charge in [0.1, 0.15) is 5.75 Å². The molecule has 0 spiro atoms. The summed E-state index contributed by atoms with van der Waals surface area (Å²) in [6, 6.07) is 15.1. The molecule has 0 saturated carbocycles. The highest BCUT2D eigenvalue weighted by Gasteiger charge is 2.40. The molecule has 2 aromatic carbocycles. The van der Waals surface area contributed by atoms with Crippen LogP contribution in [0.15, 0.2) is 54.6 Å². The van der Waals surface area contributed by atoms with Crippen LogP contribution in [0.5, 0.6) is 5.75 Å². The van der Waals surface area contributed by atoms with E-state index in [1.165, 1.54) is 4.90 Å². The molecule has 1 unspecified atom stereocenters. The van der Waals surface area contributed by atoms with Crippen molar-refractivity contribution in [3.05, 3.63) is 65.7 Å². The van der Waals surface area contributed by atoms with Crippen LogP contribution in [0.1, 0.15) is 66.2 Å². The van der Waals surface area contributed by atoms with Crippen molar-refractivity contribution in [2.75, 3.05) is 0 Å². The maximum absolute atomic E-state index is 12.8. The van der Waals surface area contributed by atoms with Crippen molar-refractivity contribution in [3.8, 4) is 5.75 Å². The van der Waals surface area contributed by atoms with Gasteiger partial charge in [-0.1, -0.05) is 62.9 Å². The molecular formula is C23H25NO4. The molecule has 1 aliphatic heterocycles. The van der Waals surface area contributed by atoms with Gasteiger partial charge in [-0.25, -0.2) is 0 Å². The molecule has 28 heavy (non-hydrogen) atoms. The van der Waals surface area contributed by atoms with E-state index in [1.807, 2.05) is 6.07 Å². The number of carbonyl (C=O) groups excluding carboxylic acids is 3. The van der Waals surface area contributed by atoms with Gasteiger partial charge in [0, 0.05) is 0 Å². The first-order chi connectivity index (χ1) is 13.6. The number of imide groups is 1. The Morgan fingerprint density at radius 3 is 2.11 bits per heavy atom. The second-order valence-corrected chi connectivity index (χ2v) is 7.02. The Bertz CT molecular complexity index is 812. The van der Waals surface area contributed by atoms with Gasteiger partial charge in [0.25, 0.3) is 11.8 Å². The first-order valence-corrected chi connectivity index (χ1v) is 9.84. The number of unbranched alkanes of at least 4 members (excludes halogenated alkanes) is 3. The number of para-hydroxylation sites is 1. The van der Waals surface area contributed by atoms with Gasteiger partial charge in [0.15, 0.2) is 0 Å². The second-order valence-electron chi connectivity index (χ2n) is 7.02. The lowest BCUT2D eigenvalue weighted by Gasteiger charge is -2.25. The van der Waals surface area contributed by atoms with Crippen LogP contribution in [0.2, 0.25) is 0 Å².